The molecule has 0 atom stereocenters. The highest BCUT2D eigenvalue weighted by Gasteiger charge is 2.22. The molecule has 3 N–H and O–H groups in total. The predicted octanol–water partition coefficient (Wildman–Crippen LogP) is 3.03. The molecule has 2 heterocycles. The number of nitrogens with one attached hydrogen (secondary N) is 3. The quantitative estimate of drug-likeness (QED) is 0.340. The number of hydrogen-bond donors (Lipinski definition) is 3. The Kier molecular flexibility index (Phi) is 6.93. The second-order valence-electron chi connectivity index (χ2n) is 9.12. The van der Waals surface area contributed by atoms with Gasteiger partial charge >= 0.3 is 11.8 Å². The molecule has 0 bridgehead atoms. The van der Waals surface area contributed by atoms with Crippen LogP contribution >= 0.6 is 0 Å². The monoisotopic (exact) mass is 496 g/mol. The zero-order valence-corrected chi connectivity index (χ0v) is 20.5. The fraction of sp³-hybridized carbons (Fsp3) is 0.250. The minimum Gasteiger partial charge on any atom is -0.348 e. The SMILES string of the molecule is Cc1cc(NC(=O)C(=O)NCCC(c2ccccc2)c2ccccc2)n(-c2nc3c(c(=O)[nH]2)CCC3)n1. The van der Waals surface area contributed by atoms with Crippen molar-refractivity contribution in [2.24, 2.45) is 0 Å². The number of aromatic amines is 1. The van der Waals surface area contributed by atoms with Crippen LogP contribution in [0.25, 0.3) is 5.95 Å². The highest BCUT2D eigenvalue weighted by molar-refractivity contribution is 6.39. The number of H-pyrrole nitrogens is 1. The highest BCUT2D eigenvalue weighted by Crippen LogP contribution is 2.27. The number of fused-ring (bicyclic) bond motifs is 1. The molecular formula is C28H28N6O3. The van der Waals surface area contributed by atoms with Crippen LogP contribution in [0.1, 0.15) is 46.8 Å². The van der Waals surface area contributed by atoms with Gasteiger partial charge in [-0.2, -0.15) is 9.78 Å². The maximum atomic E-state index is 12.7. The van der Waals surface area contributed by atoms with Crippen LogP contribution in [-0.2, 0) is 22.4 Å². The minimum atomic E-state index is -0.819. The summed E-state index contributed by atoms with van der Waals surface area (Å²) >= 11 is 0. The molecule has 0 saturated carbocycles. The standard InChI is InChI=1S/C28H28N6O3/c1-18-17-24(34(33-18)28-30-23-14-8-13-22(23)25(35)32-28)31-27(37)26(36)29-16-15-21(19-9-4-2-5-10-19)20-11-6-3-7-12-20/h2-7,9-12,17,21H,8,13-16H2,1H3,(H,29,36)(H,31,37)(H,30,32,35). The fourth-order valence-corrected chi connectivity index (χ4v) is 4.76. The van der Waals surface area contributed by atoms with Crippen molar-refractivity contribution in [2.45, 2.75) is 38.5 Å². The lowest BCUT2D eigenvalue weighted by Crippen LogP contribution is -2.37. The number of nitrogens with zero attached hydrogens (tertiary/aromatic N) is 3. The van der Waals surface area contributed by atoms with Crippen molar-refractivity contribution in [3.63, 3.8) is 0 Å². The van der Waals surface area contributed by atoms with E-state index in [0.717, 1.165) is 29.7 Å². The first kappa shape index (κ1) is 24.2. The molecule has 2 aromatic carbocycles. The molecule has 5 rings (SSSR count). The largest absolute Gasteiger partial charge is 0.348 e. The molecule has 0 spiro atoms. The second kappa shape index (κ2) is 10.6. The summed E-state index contributed by atoms with van der Waals surface area (Å²) in [5, 5.41) is 9.68. The minimum absolute atomic E-state index is 0.0811. The van der Waals surface area contributed by atoms with Crippen molar-refractivity contribution in [1.82, 2.24) is 25.1 Å². The first-order valence-electron chi connectivity index (χ1n) is 12.4. The molecule has 1 aliphatic carbocycles. The summed E-state index contributed by atoms with van der Waals surface area (Å²) < 4.78 is 1.35. The lowest BCUT2D eigenvalue weighted by Gasteiger charge is -2.18. The van der Waals surface area contributed by atoms with E-state index in [9.17, 15) is 14.4 Å². The zero-order valence-electron chi connectivity index (χ0n) is 20.5. The Balaban J connectivity index is 1.26. The number of amides is 2. The van der Waals surface area contributed by atoms with Gasteiger partial charge in [0.15, 0.2) is 0 Å². The maximum Gasteiger partial charge on any atom is 0.314 e. The van der Waals surface area contributed by atoms with Crippen LogP contribution < -0.4 is 16.2 Å². The Hall–Kier alpha value is -4.53. The fourth-order valence-electron chi connectivity index (χ4n) is 4.76. The van der Waals surface area contributed by atoms with Crippen molar-refractivity contribution in [3.05, 3.63) is 105 Å². The average molecular weight is 497 g/mol. The second-order valence-corrected chi connectivity index (χ2v) is 9.12. The van der Waals surface area contributed by atoms with Crippen LogP contribution in [0, 0.1) is 6.92 Å². The number of rotatable bonds is 7. The Morgan fingerprint density at radius 3 is 2.35 bits per heavy atom. The van der Waals surface area contributed by atoms with Crippen molar-refractivity contribution >= 4 is 17.6 Å². The molecular weight excluding hydrogens is 468 g/mol. The van der Waals surface area contributed by atoms with E-state index in [1.807, 2.05) is 36.4 Å². The van der Waals surface area contributed by atoms with E-state index < -0.39 is 11.8 Å². The Labute approximate surface area is 214 Å². The number of hydrogen-bond acceptors (Lipinski definition) is 5. The number of anilines is 1. The third-order valence-electron chi connectivity index (χ3n) is 6.53. The average Bonchev–Trinajstić information content (AvgIpc) is 3.54. The molecule has 9 heteroatoms. The number of aromatic nitrogens is 4. The summed E-state index contributed by atoms with van der Waals surface area (Å²) in [6.07, 6.45) is 2.94. The lowest BCUT2D eigenvalue weighted by atomic mass is 9.88. The zero-order chi connectivity index (χ0) is 25.8. The molecule has 1 aliphatic rings. The summed E-state index contributed by atoms with van der Waals surface area (Å²) in [4.78, 5) is 45.1. The van der Waals surface area contributed by atoms with E-state index in [-0.39, 0.29) is 23.2 Å². The van der Waals surface area contributed by atoms with E-state index >= 15 is 0 Å². The molecule has 4 aromatic rings. The first-order chi connectivity index (χ1) is 18.0. The number of carbonyl (C=O) groups is 2. The third kappa shape index (κ3) is 5.35. The Morgan fingerprint density at radius 1 is 1.00 bits per heavy atom. The van der Waals surface area contributed by atoms with Crippen LogP contribution in [0.5, 0.6) is 0 Å². The molecule has 0 radical (unpaired) electrons. The molecule has 0 fully saturated rings. The van der Waals surface area contributed by atoms with E-state index in [1.54, 1.807) is 13.0 Å². The van der Waals surface area contributed by atoms with E-state index in [2.05, 4.69) is 50.0 Å². The lowest BCUT2D eigenvalue weighted by molar-refractivity contribution is -0.136. The third-order valence-corrected chi connectivity index (χ3v) is 6.53. The van der Waals surface area contributed by atoms with E-state index in [0.29, 0.717) is 30.6 Å². The molecule has 2 amide bonds. The number of benzene rings is 2. The van der Waals surface area contributed by atoms with Crippen LogP contribution in [0.15, 0.2) is 71.5 Å². The van der Waals surface area contributed by atoms with Gasteiger partial charge in [-0.3, -0.25) is 19.4 Å². The van der Waals surface area contributed by atoms with Crippen LogP contribution in [0.2, 0.25) is 0 Å². The van der Waals surface area contributed by atoms with Crippen molar-refractivity contribution in [2.75, 3.05) is 11.9 Å². The van der Waals surface area contributed by atoms with Gasteiger partial charge in [-0.15, -0.1) is 0 Å². The van der Waals surface area contributed by atoms with Gasteiger partial charge in [-0.1, -0.05) is 60.7 Å². The smallest absolute Gasteiger partial charge is 0.314 e. The normalized spacial score (nSPS) is 12.4. The molecule has 9 nitrogen and oxygen atoms in total. The Bertz CT molecular complexity index is 1440. The van der Waals surface area contributed by atoms with Gasteiger partial charge in [0, 0.05) is 24.1 Å². The topological polar surface area (TPSA) is 122 Å². The predicted molar refractivity (Wildman–Crippen MR) is 140 cm³/mol. The molecule has 2 aromatic heterocycles. The van der Waals surface area contributed by atoms with Gasteiger partial charge in [0.1, 0.15) is 5.82 Å². The molecule has 37 heavy (non-hydrogen) atoms. The van der Waals surface area contributed by atoms with E-state index in [1.165, 1.54) is 4.68 Å². The van der Waals surface area contributed by atoms with Crippen molar-refractivity contribution < 1.29 is 9.59 Å². The van der Waals surface area contributed by atoms with Crippen LogP contribution in [0.4, 0.5) is 5.82 Å². The summed E-state index contributed by atoms with van der Waals surface area (Å²) in [5.74, 6) is -1.02. The Morgan fingerprint density at radius 2 is 1.68 bits per heavy atom. The van der Waals surface area contributed by atoms with Crippen LogP contribution in [-0.4, -0.2) is 38.1 Å². The van der Waals surface area contributed by atoms with Gasteiger partial charge in [-0.25, -0.2) is 4.98 Å². The van der Waals surface area contributed by atoms with Gasteiger partial charge in [0.05, 0.1) is 11.4 Å². The molecule has 188 valence electrons. The van der Waals surface area contributed by atoms with E-state index in [4.69, 9.17) is 0 Å². The summed E-state index contributed by atoms with van der Waals surface area (Å²) in [5.41, 5.74) is 4.12. The summed E-state index contributed by atoms with van der Waals surface area (Å²) in [7, 11) is 0. The first-order valence-corrected chi connectivity index (χ1v) is 12.4. The van der Waals surface area contributed by atoms with Gasteiger partial charge in [0.2, 0.25) is 5.95 Å². The molecule has 0 unspecified atom stereocenters. The summed E-state index contributed by atoms with van der Waals surface area (Å²) in [6.45, 7) is 2.07. The molecule has 0 saturated heterocycles. The number of aryl methyl sites for hydroxylation is 2. The van der Waals surface area contributed by atoms with Crippen LogP contribution in [0.3, 0.4) is 0 Å². The van der Waals surface area contributed by atoms with Gasteiger partial charge < -0.3 is 10.6 Å². The summed E-state index contributed by atoms with van der Waals surface area (Å²) in [6, 6.07) is 21.8. The van der Waals surface area contributed by atoms with Crippen molar-refractivity contribution in [1.29, 1.82) is 0 Å². The highest BCUT2D eigenvalue weighted by atomic mass is 16.2. The van der Waals surface area contributed by atoms with Gasteiger partial charge in [0.25, 0.3) is 5.56 Å². The maximum absolute atomic E-state index is 12.7. The molecule has 0 aliphatic heterocycles. The van der Waals surface area contributed by atoms with Crippen molar-refractivity contribution in [3.8, 4) is 5.95 Å². The van der Waals surface area contributed by atoms with Gasteiger partial charge in [-0.05, 0) is 43.7 Å². The number of carbonyl (C=O) groups excluding carboxylic acids is 2.